The molecule has 0 fully saturated rings. The molecule has 9 nitrogen and oxygen atoms in total. The molecule has 0 aliphatic rings. The number of nitrogens with two attached hydrogens (primary N) is 1. The standard InChI is InChI=1S/C27H23N5O4.Li.H/c28-27-29-23-9-1-2-10-24(23)31(27)13-14-36-21-8-4-6-19(16-21)22-11-12-25(33)32(30-22)17-18-5-3-7-20(15-18)26(34)35;;/h1-12,15-16H,13-14,17H2,(H2,28,29)(H,34,35);;/q;+1;-1. The zero-order valence-corrected chi connectivity index (χ0v) is 20.2. The number of benzene rings is 3. The Morgan fingerprint density at radius 3 is 2.65 bits per heavy atom. The van der Waals surface area contributed by atoms with Crippen LogP contribution in [0.3, 0.4) is 0 Å². The molecule has 182 valence electrons. The topological polar surface area (TPSA) is 125 Å². The number of para-hydroxylation sites is 2. The number of carbonyl (C=O) groups is 1. The molecule has 5 aromatic rings. The van der Waals surface area contributed by atoms with E-state index in [1.807, 2.05) is 53.1 Å². The van der Waals surface area contributed by atoms with Gasteiger partial charge < -0.3 is 21.6 Å². The third-order valence-corrected chi connectivity index (χ3v) is 5.77. The van der Waals surface area contributed by atoms with Crippen LogP contribution in [0.15, 0.2) is 89.7 Å². The molecule has 0 aliphatic heterocycles. The van der Waals surface area contributed by atoms with Crippen LogP contribution in [0.5, 0.6) is 5.75 Å². The van der Waals surface area contributed by atoms with Crippen molar-refractivity contribution in [1.29, 1.82) is 0 Å². The number of fused-ring (bicyclic) bond motifs is 1. The molecule has 0 unspecified atom stereocenters. The van der Waals surface area contributed by atoms with E-state index in [-0.39, 0.29) is 38.0 Å². The number of aromatic nitrogens is 4. The molecular formula is C27H24LiN5O4. The minimum Gasteiger partial charge on any atom is -1.00 e. The largest absolute Gasteiger partial charge is 1.00 e. The van der Waals surface area contributed by atoms with Crippen LogP contribution in [-0.2, 0) is 13.1 Å². The van der Waals surface area contributed by atoms with Crippen LogP contribution in [0.4, 0.5) is 5.95 Å². The van der Waals surface area contributed by atoms with Crippen molar-refractivity contribution in [2.75, 3.05) is 12.3 Å². The van der Waals surface area contributed by atoms with Crippen molar-refractivity contribution < 1.29 is 34.9 Å². The summed E-state index contributed by atoms with van der Waals surface area (Å²) in [6.45, 7) is 1.08. The fourth-order valence-electron chi connectivity index (χ4n) is 4.02. The quantitative estimate of drug-likeness (QED) is 0.309. The van der Waals surface area contributed by atoms with Crippen molar-refractivity contribution >= 4 is 23.0 Å². The van der Waals surface area contributed by atoms with Crippen molar-refractivity contribution in [3.05, 3.63) is 106 Å². The van der Waals surface area contributed by atoms with Gasteiger partial charge in [0.25, 0.3) is 5.56 Å². The molecule has 0 bridgehead atoms. The van der Waals surface area contributed by atoms with E-state index in [0.717, 1.165) is 16.6 Å². The van der Waals surface area contributed by atoms with Gasteiger partial charge in [0.15, 0.2) is 0 Å². The number of rotatable bonds is 8. The minimum absolute atomic E-state index is 0. The van der Waals surface area contributed by atoms with Gasteiger partial charge in [-0.25, -0.2) is 14.5 Å². The van der Waals surface area contributed by atoms with Crippen LogP contribution in [0.25, 0.3) is 22.3 Å². The van der Waals surface area contributed by atoms with Gasteiger partial charge in [-0.1, -0.05) is 36.4 Å². The average molecular weight is 489 g/mol. The number of ether oxygens (including phenoxy) is 1. The van der Waals surface area contributed by atoms with E-state index >= 15 is 0 Å². The van der Waals surface area contributed by atoms with Crippen LogP contribution in [0.1, 0.15) is 17.3 Å². The maximum Gasteiger partial charge on any atom is 1.00 e. The summed E-state index contributed by atoms with van der Waals surface area (Å²) < 4.78 is 9.20. The van der Waals surface area contributed by atoms with E-state index in [2.05, 4.69) is 10.1 Å². The second-order valence-corrected chi connectivity index (χ2v) is 8.21. The Hall–Kier alpha value is -4.32. The first-order chi connectivity index (χ1) is 17.5. The molecule has 10 heteroatoms. The van der Waals surface area contributed by atoms with Gasteiger partial charge in [-0.15, -0.1) is 0 Å². The molecule has 2 aromatic heterocycles. The van der Waals surface area contributed by atoms with Gasteiger partial charge in [-0.2, -0.15) is 5.10 Å². The molecule has 3 aromatic carbocycles. The first-order valence-corrected chi connectivity index (χ1v) is 11.3. The number of anilines is 1. The molecule has 3 N–H and O–H groups in total. The first-order valence-electron chi connectivity index (χ1n) is 11.3. The van der Waals surface area contributed by atoms with Gasteiger partial charge in [-0.05, 0) is 48.0 Å². The molecule has 0 spiro atoms. The molecule has 0 amide bonds. The fourth-order valence-corrected chi connectivity index (χ4v) is 4.02. The van der Waals surface area contributed by atoms with E-state index in [1.54, 1.807) is 18.2 Å². The summed E-state index contributed by atoms with van der Waals surface area (Å²) >= 11 is 0. The van der Waals surface area contributed by atoms with Crippen molar-refractivity contribution in [2.45, 2.75) is 13.1 Å². The maximum absolute atomic E-state index is 12.4. The Kier molecular flexibility index (Phi) is 7.77. The fraction of sp³-hybridized carbons (Fsp3) is 0.111. The molecule has 0 saturated carbocycles. The van der Waals surface area contributed by atoms with E-state index in [1.165, 1.54) is 22.9 Å². The van der Waals surface area contributed by atoms with Gasteiger partial charge in [-0.3, -0.25) is 4.79 Å². The first kappa shape index (κ1) is 25.8. The van der Waals surface area contributed by atoms with Crippen LogP contribution in [0.2, 0.25) is 0 Å². The molecule has 0 aliphatic carbocycles. The molecule has 5 rings (SSSR count). The van der Waals surface area contributed by atoms with E-state index in [0.29, 0.717) is 36.1 Å². The molecule has 2 heterocycles. The van der Waals surface area contributed by atoms with Crippen molar-refractivity contribution in [1.82, 2.24) is 19.3 Å². The van der Waals surface area contributed by atoms with Crippen LogP contribution in [-0.4, -0.2) is 37.0 Å². The molecule has 37 heavy (non-hydrogen) atoms. The van der Waals surface area contributed by atoms with Gasteiger partial charge >= 0.3 is 24.8 Å². The van der Waals surface area contributed by atoms with Crippen molar-refractivity contribution in [3.8, 4) is 17.0 Å². The van der Waals surface area contributed by atoms with Gasteiger partial charge in [0.2, 0.25) is 5.95 Å². The van der Waals surface area contributed by atoms with E-state index in [4.69, 9.17) is 10.5 Å². The van der Waals surface area contributed by atoms with Crippen LogP contribution >= 0.6 is 0 Å². The molecule has 0 atom stereocenters. The van der Waals surface area contributed by atoms with Crippen LogP contribution in [0, 0.1) is 0 Å². The number of carboxylic acids is 1. The Morgan fingerprint density at radius 2 is 1.81 bits per heavy atom. The van der Waals surface area contributed by atoms with Crippen molar-refractivity contribution in [3.63, 3.8) is 0 Å². The van der Waals surface area contributed by atoms with Gasteiger partial charge in [0.05, 0.1) is 35.4 Å². The summed E-state index contributed by atoms with van der Waals surface area (Å²) in [4.78, 5) is 28.0. The number of nitrogen functional groups attached to an aromatic ring is 1. The normalized spacial score (nSPS) is 10.7. The summed E-state index contributed by atoms with van der Waals surface area (Å²) in [5, 5.41) is 13.7. The second kappa shape index (κ2) is 11.2. The summed E-state index contributed by atoms with van der Waals surface area (Å²) in [6, 6.07) is 24.8. The summed E-state index contributed by atoms with van der Waals surface area (Å²) in [6.07, 6.45) is 0. The summed E-state index contributed by atoms with van der Waals surface area (Å²) in [5.74, 6) is 0.0738. The third kappa shape index (κ3) is 5.75. The zero-order chi connectivity index (χ0) is 25.1. The molecule has 0 radical (unpaired) electrons. The second-order valence-electron chi connectivity index (χ2n) is 8.21. The zero-order valence-electron chi connectivity index (χ0n) is 21.2. The molecular weight excluding hydrogens is 465 g/mol. The number of hydrogen-bond donors (Lipinski definition) is 2. The maximum atomic E-state index is 12.4. The average Bonchev–Trinajstić information content (AvgIpc) is 3.20. The smallest absolute Gasteiger partial charge is 1.00 e. The van der Waals surface area contributed by atoms with E-state index < -0.39 is 5.97 Å². The minimum atomic E-state index is -1.02. The number of imidazole rings is 1. The Labute approximate surface area is 225 Å². The Balaban J connectivity index is 0.00000200. The van der Waals surface area contributed by atoms with Crippen LogP contribution < -0.4 is 34.9 Å². The predicted molar refractivity (Wildman–Crippen MR) is 137 cm³/mol. The summed E-state index contributed by atoms with van der Waals surface area (Å²) in [7, 11) is 0. The third-order valence-electron chi connectivity index (χ3n) is 5.77. The van der Waals surface area contributed by atoms with Gasteiger partial charge in [0.1, 0.15) is 12.4 Å². The summed E-state index contributed by atoms with van der Waals surface area (Å²) in [5.41, 5.74) is 9.79. The number of nitrogens with zero attached hydrogens (tertiary/aromatic N) is 4. The Bertz CT molecular complexity index is 1640. The van der Waals surface area contributed by atoms with Crippen molar-refractivity contribution in [2.24, 2.45) is 0 Å². The molecule has 0 saturated heterocycles. The number of carboxylic acid groups (broad SMARTS) is 1. The monoisotopic (exact) mass is 489 g/mol. The predicted octanol–water partition coefficient (Wildman–Crippen LogP) is 0.784. The Morgan fingerprint density at radius 1 is 1.00 bits per heavy atom. The number of aromatic carboxylic acids is 1. The van der Waals surface area contributed by atoms with Gasteiger partial charge in [0, 0.05) is 11.6 Å². The SMILES string of the molecule is Nc1nc2ccccc2n1CCOc1cccc(-c2ccc(=O)n(Cc3cccc(C(=O)O)c3)n2)c1.[H-].[Li+]. The van der Waals surface area contributed by atoms with E-state index in [9.17, 15) is 14.7 Å². The number of hydrogen-bond acceptors (Lipinski definition) is 6.